The van der Waals surface area contributed by atoms with Crippen molar-refractivity contribution in [1.29, 1.82) is 0 Å². The van der Waals surface area contributed by atoms with Gasteiger partial charge in [0, 0.05) is 17.4 Å². The minimum absolute atomic E-state index is 0.0550. The van der Waals surface area contributed by atoms with Gasteiger partial charge in [-0.3, -0.25) is 4.79 Å². The number of aromatic nitrogens is 1. The molecule has 2 N–H and O–H groups in total. The minimum Gasteiger partial charge on any atom is -0.361 e. The van der Waals surface area contributed by atoms with E-state index in [-0.39, 0.29) is 12.1 Å². The number of hydrogen-bond donors (Lipinski definition) is 2. The number of halogens is 4. The first-order valence-corrected chi connectivity index (χ1v) is 7.43. The molecule has 1 heterocycles. The summed E-state index contributed by atoms with van der Waals surface area (Å²) < 4.78 is 38.5. The first-order chi connectivity index (χ1) is 11.3. The van der Waals surface area contributed by atoms with Crippen LogP contribution >= 0.6 is 11.6 Å². The van der Waals surface area contributed by atoms with Gasteiger partial charge >= 0.3 is 6.18 Å². The molecule has 1 amide bonds. The first kappa shape index (κ1) is 16.4. The molecule has 0 aliphatic heterocycles. The highest BCUT2D eigenvalue weighted by Gasteiger charge is 2.33. The number of fused-ring (bicyclic) bond motifs is 1. The maximum Gasteiger partial charge on any atom is 0.417 e. The summed E-state index contributed by atoms with van der Waals surface area (Å²) in [7, 11) is 0. The van der Waals surface area contributed by atoms with E-state index < -0.39 is 22.7 Å². The quantitative estimate of drug-likeness (QED) is 0.683. The zero-order valence-corrected chi connectivity index (χ0v) is 13.0. The molecule has 124 valence electrons. The molecule has 0 spiro atoms. The predicted octanol–water partition coefficient (Wildman–Crippen LogP) is 5.02. The van der Waals surface area contributed by atoms with Crippen molar-refractivity contribution in [2.75, 3.05) is 5.32 Å². The number of amides is 1. The van der Waals surface area contributed by atoms with Gasteiger partial charge in [-0.1, -0.05) is 17.7 Å². The van der Waals surface area contributed by atoms with Crippen molar-refractivity contribution in [3.8, 4) is 0 Å². The van der Waals surface area contributed by atoms with Crippen molar-refractivity contribution in [3.63, 3.8) is 0 Å². The van der Waals surface area contributed by atoms with Crippen molar-refractivity contribution in [2.24, 2.45) is 0 Å². The number of benzene rings is 2. The van der Waals surface area contributed by atoms with Gasteiger partial charge in [0.1, 0.15) is 0 Å². The Bertz CT molecular complexity index is 902. The second-order valence-corrected chi connectivity index (χ2v) is 5.72. The zero-order valence-electron chi connectivity index (χ0n) is 12.2. The Kier molecular flexibility index (Phi) is 4.24. The molecular formula is C17H12ClF3N2O. The number of rotatable bonds is 3. The summed E-state index contributed by atoms with van der Waals surface area (Å²) in [4.78, 5) is 15.1. The molecule has 0 fully saturated rings. The fourth-order valence-electron chi connectivity index (χ4n) is 2.42. The lowest BCUT2D eigenvalue weighted by molar-refractivity contribution is -0.137. The van der Waals surface area contributed by atoms with E-state index in [4.69, 9.17) is 11.6 Å². The molecule has 0 saturated carbocycles. The molecule has 0 unspecified atom stereocenters. The lowest BCUT2D eigenvalue weighted by Gasteiger charge is -2.12. The summed E-state index contributed by atoms with van der Waals surface area (Å²) in [5.41, 5.74) is 0.798. The molecule has 0 aliphatic rings. The lowest BCUT2D eigenvalue weighted by atomic mass is 10.1. The van der Waals surface area contributed by atoms with Gasteiger partial charge in [-0.15, -0.1) is 0 Å². The van der Waals surface area contributed by atoms with E-state index in [9.17, 15) is 18.0 Å². The van der Waals surface area contributed by atoms with Crippen LogP contribution in [0.3, 0.4) is 0 Å². The van der Waals surface area contributed by atoms with Crippen molar-refractivity contribution in [1.82, 2.24) is 4.98 Å². The third kappa shape index (κ3) is 3.54. The monoisotopic (exact) mass is 352 g/mol. The molecule has 0 aliphatic carbocycles. The molecule has 3 aromatic rings. The van der Waals surface area contributed by atoms with Gasteiger partial charge in [0.2, 0.25) is 5.91 Å². The fourth-order valence-corrected chi connectivity index (χ4v) is 2.65. The number of hydrogen-bond acceptors (Lipinski definition) is 1. The van der Waals surface area contributed by atoms with Gasteiger partial charge in [0.05, 0.1) is 17.0 Å². The number of carbonyl (C=O) groups is 1. The highest BCUT2D eigenvalue weighted by atomic mass is 35.5. The standard InChI is InChI=1S/C17H12ClF3N2O/c18-14-3-2-12(9-13(14)17(19,20)21)23-16(24)8-10-1-4-15-11(7-10)5-6-22-15/h1-7,9,22H,8H2,(H,23,24). The Hall–Kier alpha value is -2.47. The third-order valence-electron chi connectivity index (χ3n) is 3.54. The first-order valence-electron chi connectivity index (χ1n) is 7.05. The van der Waals surface area contributed by atoms with Crippen LogP contribution in [0.25, 0.3) is 10.9 Å². The van der Waals surface area contributed by atoms with Crippen molar-refractivity contribution in [3.05, 3.63) is 64.8 Å². The van der Waals surface area contributed by atoms with Crippen LogP contribution in [-0.2, 0) is 17.4 Å². The summed E-state index contributed by atoms with van der Waals surface area (Å²) in [5.74, 6) is -0.402. The molecule has 3 nitrogen and oxygen atoms in total. The molecule has 0 saturated heterocycles. The van der Waals surface area contributed by atoms with Crippen LogP contribution in [0.2, 0.25) is 5.02 Å². The van der Waals surface area contributed by atoms with E-state index in [0.717, 1.165) is 28.6 Å². The summed E-state index contributed by atoms with van der Waals surface area (Å²) >= 11 is 5.56. The lowest BCUT2D eigenvalue weighted by Crippen LogP contribution is -2.15. The Balaban J connectivity index is 1.75. The second-order valence-electron chi connectivity index (χ2n) is 5.32. The number of alkyl halides is 3. The van der Waals surface area contributed by atoms with Crippen LogP contribution in [0.5, 0.6) is 0 Å². The second kappa shape index (κ2) is 6.20. The highest BCUT2D eigenvalue weighted by molar-refractivity contribution is 6.31. The number of carbonyl (C=O) groups excluding carboxylic acids is 1. The number of aromatic amines is 1. The molecule has 24 heavy (non-hydrogen) atoms. The molecule has 2 aromatic carbocycles. The smallest absolute Gasteiger partial charge is 0.361 e. The summed E-state index contributed by atoms with van der Waals surface area (Å²) in [5, 5.41) is 3.03. The predicted molar refractivity (Wildman–Crippen MR) is 87.1 cm³/mol. The SMILES string of the molecule is O=C(Cc1ccc2[nH]ccc2c1)Nc1ccc(Cl)c(C(F)(F)F)c1. The van der Waals surface area contributed by atoms with Crippen LogP contribution < -0.4 is 5.32 Å². The fraction of sp³-hybridized carbons (Fsp3) is 0.118. The molecule has 3 rings (SSSR count). The molecule has 0 bridgehead atoms. The number of H-pyrrole nitrogens is 1. The third-order valence-corrected chi connectivity index (χ3v) is 3.87. The van der Waals surface area contributed by atoms with E-state index in [0.29, 0.717) is 0 Å². The van der Waals surface area contributed by atoms with Gasteiger partial charge in [0.15, 0.2) is 0 Å². The molecule has 0 radical (unpaired) electrons. The average Bonchev–Trinajstić information content (AvgIpc) is 2.95. The Morgan fingerprint density at radius 2 is 1.92 bits per heavy atom. The number of nitrogens with one attached hydrogen (secondary N) is 2. The van der Waals surface area contributed by atoms with Crippen LogP contribution in [0.4, 0.5) is 18.9 Å². The molecule has 7 heteroatoms. The number of anilines is 1. The van der Waals surface area contributed by atoms with E-state index in [2.05, 4.69) is 10.3 Å². The van der Waals surface area contributed by atoms with Gasteiger partial charge in [-0.2, -0.15) is 13.2 Å². The summed E-state index contributed by atoms with van der Waals surface area (Å²) in [6, 6.07) is 10.7. The Morgan fingerprint density at radius 3 is 2.67 bits per heavy atom. The Morgan fingerprint density at radius 1 is 1.12 bits per heavy atom. The van der Waals surface area contributed by atoms with Crippen molar-refractivity contribution >= 4 is 34.1 Å². The van der Waals surface area contributed by atoms with Crippen LogP contribution in [0, 0.1) is 0 Å². The zero-order chi connectivity index (χ0) is 17.3. The van der Waals surface area contributed by atoms with E-state index in [1.54, 1.807) is 12.3 Å². The van der Waals surface area contributed by atoms with E-state index in [1.165, 1.54) is 6.07 Å². The van der Waals surface area contributed by atoms with E-state index in [1.807, 2.05) is 18.2 Å². The van der Waals surface area contributed by atoms with Crippen LogP contribution in [-0.4, -0.2) is 10.9 Å². The summed E-state index contributed by atoms with van der Waals surface area (Å²) in [6.07, 6.45) is -2.72. The van der Waals surface area contributed by atoms with Crippen LogP contribution in [0.15, 0.2) is 48.7 Å². The Labute approximate surface area is 140 Å². The highest BCUT2D eigenvalue weighted by Crippen LogP contribution is 2.36. The molecular weight excluding hydrogens is 341 g/mol. The van der Waals surface area contributed by atoms with E-state index >= 15 is 0 Å². The molecule has 1 aromatic heterocycles. The normalized spacial score (nSPS) is 11.7. The minimum atomic E-state index is -4.57. The average molecular weight is 353 g/mol. The summed E-state index contributed by atoms with van der Waals surface area (Å²) in [6.45, 7) is 0. The van der Waals surface area contributed by atoms with Crippen molar-refractivity contribution < 1.29 is 18.0 Å². The maximum atomic E-state index is 12.8. The van der Waals surface area contributed by atoms with Crippen molar-refractivity contribution in [2.45, 2.75) is 12.6 Å². The van der Waals surface area contributed by atoms with Crippen LogP contribution in [0.1, 0.15) is 11.1 Å². The van der Waals surface area contributed by atoms with Gasteiger partial charge in [-0.05, 0) is 47.3 Å². The topological polar surface area (TPSA) is 44.9 Å². The van der Waals surface area contributed by atoms with Gasteiger partial charge in [-0.25, -0.2) is 0 Å². The molecule has 0 atom stereocenters. The largest absolute Gasteiger partial charge is 0.417 e. The van der Waals surface area contributed by atoms with Gasteiger partial charge in [0.25, 0.3) is 0 Å². The van der Waals surface area contributed by atoms with Gasteiger partial charge < -0.3 is 10.3 Å². The maximum absolute atomic E-state index is 12.8.